The zero-order chi connectivity index (χ0) is 15.7. The molecule has 0 aromatic carbocycles. The highest BCUT2D eigenvalue weighted by Crippen LogP contribution is 2.15. The van der Waals surface area contributed by atoms with Crippen LogP contribution in [0.15, 0.2) is 6.07 Å². The van der Waals surface area contributed by atoms with Crippen LogP contribution in [-0.2, 0) is 11.3 Å². The molecule has 0 aliphatic heterocycles. The van der Waals surface area contributed by atoms with Crippen molar-refractivity contribution in [2.45, 2.75) is 33.0 Å². The van der Waals surface area contributed by atoms with E-state index in [1.807, 2.05) is 33.1 Å². The first-order valence-electron chi connectivity index (χ1n) is 7.15. The topological polar surface area (TPSA) is 79.3 Å². The maximum atomic E-state index is 10.2. The first kappa shape index (κ1) is 18.0. The summed E-state index contributed by atoms with van der Waals surface area (Å²) in [5.74, 6) is 2.74. The largest absolute Gasteiger partial charge is 0.387 e. The summed E-state index contributed by atoms with van der Waals surface area (Å²) >= 11 is 1.61. The van der Waals surface area contributed by atoms with Crippen molar-refractivity contribution in [3.05, 3.63) is 11.9 Å². The third-order valence-corrected chi connectivity index (χ3v) is 3.58. The van der Waals surface area contributed by atoms with E-state index in [0.29, 0.717) is 37.2 Å². The summed E-state index contributed by atoms with van der Waals surface area (Å²) in [4.78, 5) is 8.80. The summed E-state index contributed by atoms with van der Waals surface area (Å²) < 4.78 is 5.36. The average Bonchev–Trinajstić information content (AvgIpc) is 2.43. The molecule has 0 aliphatic carbocycles. The molecule has 21 heavy (non-hydrogen) atoms. The molecule has 0 aliphatic rings. The molecule has 6 nitrogen and oxygen atoms in total. The van der Waals surface area contributed by atoms with E-state index in [-0.39, 0.29) is 0 Å². The van der Waals surface area contributed by atoms with E-state index in [4.69, 9.17) is 4.74 Å². The molecule has 1 rings (SSSR count). The Morgan fingerprint density at radius 3 is 2.52 bits per heavy atom. The number of hydrogen-bond acceptors (Lipinski definition) is 7. The molecule has 0 radical (unpaired) electrons. The molecule has 0 saturated carbocycles. The molecular formula is C14H26N4O2S. The molecular weight excluding hydrogens is 288 g/mol. The summed E-state index contributed by atoms with van der Waals surface area (Å²) in [5, 5.41) is 16.5. The van der Waals surface area contributed by atoms with E-state index in [1.54, 1.807) is 11.8 Å². The van der Waals surface area contributed by atoms with E-state index in [0.717, 1.165) is 12.4 Å². The molecule has 0 spiro atoms. The zero-order valence-electron chi connectivity index (χ0n) is 13.3. The van der Waals surface area contributed by atoms with E-state index in [2.05, 4.69) is 20.6 Å². The molecule has 0 bridgehead atoms. The van der Waals surface area contributed by atoms with Gasteiger partial charge in [0.1, 0.15) is 18.2 Å². The summed E-state index contributed by atoms with van der Waals surface area (Å²) in [6.07, 6.45) is 1.97. The van der Waals surface area contributed by atoms with Crippen LogP contribution in [0.5, 0.6) is 0 Å². The lowest BCUT2D eigenvalue weighted by Crippen LogP contribution is -2.36. The predicted molar refractivity (Wildman–Crippen MR) is 89.0 cm³/mol. The zero-order valence-corrected chi connectivity index (χ0v) is 14.1. The molecule has 7 heteroatoms. The van der Waals surface area contributed by atoms with Crippen molar-refractivity contribution < 1.29 is 9.84 Å². The van der Waals surface area contributed by atoms with E-state index < -0.39 is 5.60 Å². The second-order valence-corrected chi connectivity index (χ2v) is 5.87. The number of anilines is 2. The Morgan fingerprint density at radius 2 is 1.95 bits per heavy atom. The van der Waals surface area contributed by atoms with Crippen LogP contribution in [0, 0.1) is 0 Å². The van der Waals surface area contributed by atoms with Crippen LogP contribution in [0.4, 0.5) is 11.6 Å². The van der Waals surface area contributed by atoms with E-state index in [1.165, 1.54) is 0 Å². The Labute approximate surface area is 131 Å². The van der Waals surface area contributed by atoms with Gasteiger partial charge in [-0.3, -0.25) is 0 Å². The third kappa shape index (κ3) is 6.97. The molecule has 3 N–H and O–H groups in total. The van der Waals surface area contributed by atoms with E-state index in [9.17, 15) is 5.11 Å². The third-order valence-electron chi connectivity index (χ3n) is 2.67. The van der Waals surface area contributed by atoms with Crippen LogP contribution in [0.25, 0.3) is 0 Å². The van der Waals surface area contributed by atoms with Crippen molar-refractivity contribution in [3.63, 3.8) is 0 Å². The summed E-state index contributed by atoms with van der Waals surface area (Å²) in [6, 6.07) is 1.84. The summed E-state index contributed by atoms with van der Waals surface area (Å²) in [5.41, 5.74) is -0.775. The minimum absolute atomic E-state index is 0.381. The normalized spacial score (nSPS) is 13.8. The minimum Gasteiger partial charge on any atom is -0.387 e. The van der Waals surface area contributed by atoms with Gasteiger partial charge in [-0.05, 0) is 27.0 Å². The number of hydrogen-bond donors (Lipinski definition) is 3. The fourth-order valence-electron chi connectivity index (χ4n) is 1.76. The predicted octanol–water partition coefficient (Wildman–Crippen LogP) is 1.97. The van der Waals surface area contributed by atoms with Gasteiger partial charge in [-0.1, -0.05) is 0 Å². The average molecular weight is 314 g/mol. The van der Waals surface area contributed by atoms with Gasteiger partial charge in [-0.2, -0.15) is 11.8 Å². The number of rotatable bonds is 10. The van der Waals surface area contributed by atoms with Crippen LogP contribution in [0.1, 0.15) is 26.6 Å². The van der Waals surface area contributed by atoms with Crippen LogP contribution in [-0.4, -0.2) is 52.4 Å². The molecule has 1 aromatic heterocycles. The van der Waals surface area contributed by atoms with Gasteiger partial charge in [0.15, 0.2) is 5.82 Å². The van der Waals surface area contributed by atoms with Gasteiger partial charge in [0.2, 0.25) is 0 Å². The maximum absolute atomic E-state index is 10.2. The van der Waals surface area contributed by atoms with Crippen molar-refractivity contribution in [1.29, 1.82) is 0 Å². The second-order valence-electron chi connectivity index (χ2n) is 5.01. The molecule has 0 fully saturated rings. The Hall–Kier alpha value is -1.05. The number of nitrogens with one attached hydrogen (secondary N) is 2. The summed E-state index contributed by atoms with van der Waals surface area (Å²) in [6.45, 7) is 7.99. The van der Waals surface area contributed by atoms with Crippen LogP contribution >= 0.6 is 11.8 Å². The fourth-order valence-corrected chi connectivity index (χ4v) is 2.48. The minimum atomic E-state index is -0.775. The van der Waals surface area contributed by atoms with Crippen molar-refractivity contribution in [2.75, 3.05) is 42.3 Å². The molecule has 1 heterocycles. The molecule has 1 unspecified atom stereocenters. The van der Waals surface area contributed by atoms with Crippen molar-refractivity contribution in [1.82, 2.24) is 9.97 Å². The lowest BCUT2D eigenvalue weighted by atomic mass is 10.1. The van der Waals surface area contributed by atoms with Crippen molar-refractivity contribution >= 4 is 23.4 Å². The Bertz CT molecular complexity index is 429. The monoisotopic (exact) mass is 314 g/mol. The fraction of sp³-hybridized carbons (Fsp3) is 0.714. The van der Waals surface area contributed by atoms with Gasteiger partial charge in [-0.25, -0.2) is 9.97 Å². The van der Waals surface area contributed by atoms with Crippen molar-refractivity contribution in [3.8, 4) is 0 Å². The van der Waals surface area contributed by atoms with Gasteiger partial charge >= 0.3 is 0 Å². The molecule has 120 valence electrons. The number of aromatic nitrogens is 2. The van der Waals surface area contributed by atoms with Crippen LogP contribution in [0.3, 0.4) is 0 Å². The van der Waals surface area contributed by atoms with Crippen LogP contribution < -0.4 is 10.6 Å². The highest BCUT2D eigenvalue weighted by atomic mass is 32.2. The summed E-state index contributed by atoms with van der Waals surface area (Å²) in [7, 11) is 0. The number of nitrogens with zero attached hydrogens (tertiary/aromatic N) is 2. The maximum Gasteiger partial charge on any atom is 0.158 e. The van der Waals surface area contributed by atoms with Gasteiger partial charge in [0.25, 0.3) is 0 Å². The quantitative estimate of drug-likeness (QED) is 0.609. The van der Waals surface area contributed by atoms with E-state index >= 15 is 0 Å². The standard InChI is InChI=1S/C14H26N4O2S/c1-5-15-11-7-12(16-9-14(3,19)10-21-4)18-13(17-11)8-20-6-2/h7,19H,5-6,8-10H2,1-4H3,(H2,15,16,17,18). The Balaban J connectivity index is 2.77. The van der Waals surface area contributed by atoms with Gasteiger partial charge in [0, 0.05) is 31.5 Å². The first-order valence-corrected chi connectivity index (χ1v) is 8.55. The Kier molecular flexibility index (Phi) is 7.77. The van der Waals surface area contributed by atoms with Gasteiger partial charge in [-0.15, -0.1) is 0 Å². The molecule has 0 amide bonds. The number of thioether (sulfide) groups is 1. The smallest absolute Gasteiger partial charge is 0.158 e. The second kappa shape index (κ2) is 9.07. The lowest BCUT2D eigenvalue weighted by molar-refractivity contribution is 0.0996. The van der Waals surface area contributed by atoms with Crippen molar-refractivity contribution in [2.24, 2.45) is 0 Å². The molecule has 1 aromatic rings. The Morgan fingerprint density at radius 1 is 1.29 bits per heavy atom. The highest BCUT2D eigenvalue weighted by Gasteiger charge is 2.19. The highest BCUT2D eigenvalue weighted by molar-refractivity contribution is 7.98. The molecule has 1 atom stereocenters. The first-order chi connectivity index (χ1) is 10.0. The van der Waals surface area contributed by atoms with Crippen LogP contribution in [0.2, 0.25) is 0 Å². The molecule has 0 saturated heterocycles. The van der Waals surface area contributed by atoms with Gasteiger partial charge in [0.05, 0.1) is 5.60 Å². The number of aliphatic hydroxyl groups is 1. The lowest BCUT2D eigenvalue weighted by Gasteiger charge is -2.23. The SMILES string of the molecule is CCNc1cc(NCC(C)(O)CSC)nc(COCC)n1. The van der Waals surface area contributed by atoms with Gasteiger partial charge < -0.3 is 20.5 Å². The number of ether oxygens (including phenoxy) is 1.